The number of aromatic nitrogens is 1. The highest BCUT2D eigenvalue weighted by molar-refractivity contribution is 7.98. The fraction of sp³-hybridized carbons (Fsp3) is 0.812. The summed E-state index contributed by atoms with van der Waals surface area (Å²) in [6, 6.07) is 0. The van der Waals surface area contributed by atoms with Crippen LogP contribution >= 0.6 is 23.1 Å². The number of hydrogen-bond acceptors (Lipinski definition) is 5. The van der Waals surface area contributed by atoms with Gasteiger partial charge in [-0.1, -0.05) is 20.8 Å². The zero-order valence-electron chi connectivity index (χ0n) is 14.8. The number of rotatable bonds is 6. The highest BCUT2D eigenvalue weighted by atomic mass is 32.2. The summed E-state index contributed by atoms with van der Waals surface area (Å²) >= 11 is 3.71. The van der Waals surface area contributed by atoms with E-state index in [1.807, 2.05) is 23.1 Å². The molecule has 0 radical (unpaired) electrons. The van der Waals surface area contributed by atoms with Crippen LogP contribution < -0.4 is 10.2 Å². The first-order valence-corrected chi connectivity index (χ1v) is 9.71. The summed E-state index contributed by atoms with van der Waals surface area (Å²) in [5.74, 6) is 1.14. The van der Waals surface area contributed by atoms with E-state index in [0.717, 1.165) is 24.0 Å². The summed E-state index contributed by atoms with van der Waals surface area (Å²) in [5, 5.41) is 4.73. The van der Waals surface area contributed by atoms with E-state index in [1.165, 1.54) is 10.6 Å². The topological polar surface area (TPSA) is 28.2 Å². The number of nitrogens with one attached hydrogen (secondary N) is 1. The van der Waals surface area contributed by atoms with Crippen molar-refractivity contribution >= 4 is 28.2 Å². The Morgan fingerprint density at radius 2 is 1.81 bits per heavy atom. The standard InChI is InChI=1S/C16H31N3S2/c1-15(2,3)13-12(11-17-16(4,5)6)21-14(18-13)19(7)9-10-20-8/h17H,9-11H2,1-8H3. The third-order valence-corrected chi connectivity index (χ3v) is 4.89. The van der Waals surface area contributed by atoms with Gasteiger partial charge in [-0.3, -0.25) is 0 Å². The Kier molecular flexibility index (Phi) is 6.56. The lowest BCUT2D eigenvalue weighted by atomic mass is 9.91. The van der Waals surface area contributed by atoms with Gasteiger partial charge < -0.3 is 10.2 Å². The summed E-state index contributed by atoms with van der Waals surface area (Å²) in [6.45, 7) is 15.3. The Balaban J connectivity index is 2.96. The van der Waals surface area contributed by atoms with Crippen molar-refractivity contribution in [3.63, 3.8) is 0 Å². The van der Waals surface area contributed by atoms with E-state index in [0.29, 0.717) is 0 Å². The van der Waals surface area contributed by atoms with E-state index in [9.17, 15) is 0 Å². The lowest BCUT2D eigenvalue weighted by Crippen LogP contribution is -2.35. The molecule has 5 heteroatoms. The molecule has 0 fully saturated rings. The molecule has 1 heterocycles. The summed E-state index contributed by atoms with van der Waals surface area (Å²) in [4.78, 5) is 8.57. The minimum absolute atomic E-state index is 0.0873. The zero-order valence-corrected chi connectivity index (χ0v) is 16.5. The predicted molar refractivity (Wildman–Crippen MR) is 99.1 cm³/mol. The Morgan fingerprint density at radius 1 is 1.19 bits per heavy atom. The van der Waals surface area contributed by atoms with Crippen LogP contribution in [0.5, 0.6) is 0 Å². The molecule has 0 aromatic carbocycles. The summed E-state index contributed by atoms with van der Waals surface area (Å²) in [6.07, 6.45) is 2.15. The average molecular weight is 330 g/mol. The first-order chi connectivity index (χ1) is 9.54. The van der Waals surface area contributed by atoms with Gasteiger partial charge in [-0.25, -0.2) is 4.98 Å². The molecular formula is C16H31N3S2. The predicted octanol–water partition coefficient (Wildman–Crippen LogP) is 4.13. The number of hydrogen-bond donors (Lipinski definition) is 1. The lowest BCUT2D eigenvalue weighted by Gasteiger charge is -2.22. The Labute approximate surface area is 138 Å². The molecule has 0 unspecified atom stereocenters. The van der Waals surface area contributed by atoms with Gasteiger partial charge in [-0.05, 0) is 27.0 Å². The van der Waals surface area contributed by atoms with E-state index in [-0.39, 0.29) is 11.0 Å². The van der Waals surface area contributed by atoms with Gasteiger partial charge in [0.15, 0.2) is 5.13 Å². The lowest BCUT2D eigenvalue weighted by molar-refractivity contribution is 0.422. The highest BCUT2D eigenvalue weighted by Crippen LogP contribution is 2.33. The normalized spacial score (nSPS) is 12.8. The maximum absolute atomic E-state index is 4.93. The monoisotopic (exact) mass is 329 g/mol. The number of thioether (sulfide) groups is 1. The number of nitrogens with zero attached hydrogens (tertiary/aromatic N) is 2. The minimum Gasteiger partial charge on any atom is -0.350 e. The van der Waals surface area contributed by atoms with Crippen molar-refractivity contribution in [1.82, 2.24) is 10.3 Å². The van der Waals surface area contributed by atoms with Crippen molar-refractivity contribution in [1.29, 1.82) is 0 Å². The Morgan fingerprint density at radius 3 is 2.29 bits per heavy atom. The second kappa shape index (κ2) is 7.34. The van der Waals surface area contributed by atoms with Crippen molar-refractivity contribution in [3.05, 3.63) is 10.6 Å². The van der Waals surface area contributed by atoms with Crippen LogP contribution in [-0.4, -0.2) is 36.1 Å². The van der Waals surface area contributed by atoms with Crippen molar-refractivity contribution < 1.29 is 0 Å². The molecule has 0 aliphatic carbocycles. The second-order valence-corrected chi connectivity index (χ2v) is 9.58. The van der Waals surface area contributed by atoms with Gasteiger partial charge in [-0.15, -0.1) is 11.3 Å². The van der Waals surface area contributed by atoms with Crippen LogP contribution in [0.2, 0.25) is 0 Å². The number of anilines is 1. The average Bonchev–Trinajstić information content (AvgIpc) is 2.76. The van der Waals surface area contributed by atoms with Crippen LogP contribution in [0.4, 0.5) is 5.13 Å². The van der Waals surface area contributed by atoms with Gasteiger partial charge in [0, 0.05) is 41.7 Å². The third-order valence-electron chi connectivity index (χ3n) is 3.13. The molecule has 0 spiro atoms. The first kappa shape index (κ1) is 18.8. The molecule has 0 saturated carbocycles. The van der Waals surface area contributed by atoms with Crippen LogP contribution in [0.25, 0.3) is 0 Å². The molecule has 3 nitrogen and oxygen atoms in total. The van der Waals surface area contributed by atoms with Gasteiger partial charge in [0.1, 0.15) is 0 Å². The van der Waals surface area contributed by atoms with E-state index in [4.69, 9.17) is 4.98 Å². The molecule has 122 valence electrons. The SMILES string of the molecule is CSCCN(C)c1nc(C(C)(C)C)c(CNC(C)(C)C)s1. The van der Waals surface area contributed by atoms with E-state index < -0.39 is 0 Å². The maximum atomic E-state index is 4.93. The molecule has 0 atom stereocenters. The Hall–Kier alpha value is -0.260. The fourth-order valence-electron chi connectivity index (χ4n) is 1.88. The van der Waals surface area contributed by atoms with E-state index in [2.05, 4.69) is 65.1 Å². The van der Waals surface area contributed by atoms with Crippen LogP contribution in [-0.2, 0) is 12.0 Å². The molecule has 1 rings (SSSR count). The maximum Gasteiger partial charge on any atom is 0.185 e. The highest BCUT2D eigenvalue weighted by Gasteiger charge is 2.25. The molecule has 1 aromatic rings. The minimum atomic E-state index is 0.0873. The summed E-state index contributed by atoms with van der Waals surface area (Å²) < 4.78 is 0. The van der Waals surface area contributed by atoms with Crippen LogP contribution in [0.3, 0.4) is 0 Å². The van der Waals surface area contributed by atoms with Crippen molar-refractivity contribution in [3.8, 4) is 0 Å². The molecular weight excluding hydrogens is 298 g/mol. The molecule has 21 heavy (non-hydrogen) atoms. The molecule has 0 aliphatic heterocycles. The smallest absolute Gasteiger partial charge is 0.185 e. The van der Waals surface area contributed by atoms with E-state index in [1.54, 1.807) is 0 Å². The van der Waals surface area contributed by atoms with Gasteiger partial charge >= 0.3 is 0 Å². The summed E-state index contributed by atoms with van der Waals surface area (Å²) in [7, 11) is 2.14. The zero-order chi connectivity index (χ0) is 16.3. The molecule has 1 N–H and O–H groups in total. The third kappa shape index (κ3) is 6.17. The quantitative estimate of drug-likeness (QED) is 0.849. The molecule has 0 amide bonds. The Bertz CT molecular complexity index is 441. The summed E-state index contributed by atoms with van der Waals surface area (Å²) in [5.41, 5.74) is 1.45. The first-order valence-electron chi connectivity index (χ1n) is 7.50. The van der Waals surface area contributed by atoms with Crippen molar-refractivity contribution in [2.24, 2.45) is 0 Å². The number of thiazole rings is 1. The molecule has 0 aliphatic rings. The largest absolute Gasteiger partial charge is 0.350 e. The second-order valence-electron chi connectivity index (χ2n) is 7.54. The van der Waals surface area contributed by atoms with Gasteiger partial charge in [0.2, 0.25) is 0 Å². The van der Waals surface area contributed by atoms with Crippen LogP contribution in [0.15, 0.2) is 0 Å². The fourth-order valence-corrected chi connectivity index (χ4v) is 3.53. The van der Waals surface area contributed by atoms with Crippen molar-refractivity contribution in [2.45, 2.75) is 59.0 Å². The molecule has 0 saturated heterocycles. The van der Waals surface area contributed by atoms with E-state index >= 15 is 0 Å². The van der Waals surface area contributed by atoms with Crippen LogP contribution in [0.1, 0.15) is 52.1 Å². The van der Waals surface area contributed by atoms with Crippen molar-refractivity contribution in [2.75, 3.05) is 30.5 Å². The van der Waals surface area contributed by atoms with Crippen LogP contribution in [0, 0.1) is 0 Å². The van der Waals surface area contributed by atoms with Gasteiger partial charge in [0.05, 0.1) is 5.69 Å². The van der Waals surface area contributed by atoms with Gasteiger partial charge in [-0.2, -0.15) is 11.8 Å². The van der Waals surface area contributed by atoms with Gasteiger partial charge in [0.25, 0.3) is 0 Å². The molecule has 0 bridgehead atoms. The molecule has 1 aromatic heterocycles.